The Hall–Kier alpha value is -1.67. The van der Waals surface area contributed by atoms with Crippen molar-refractivity contribution >= 4 is 0 Å². The van der Waals surface area contributed by atoms with E-state index in [9.17, 15) is 0 Å². The number of nitrogens with zero attached hydrogens (tertiary/aromatic N) is 1. The Kier molecular flexibility index (Phi) is 2.85. The molecule has 0 spiro atoms. The SMILES string of the molecule is NC(C1Cc2ccccc21)C1CCCc2cccnc21. The van der Waals surface area contributed by atoms with Gasteiger partial charge in [0.1, 0.15) is 0 Å². The van der Waals surface area contributed by atoms with Crippen molar-refractivity contribution in [3.8, 4) is 0 Å². The highest BCUT2D eigenvalue weighted by Crippen LogP contribution is 2.43. The first kappa shape index (κ1) is 12.1. The van der Waals surface area contributed by atoms with E-state index in [1.165, 1.54) is 35.2 Å². The molecular formula is C18H20N2. The first-order valence-electron chi connectivity index (χ1n) is 7.62. The molecule has 2 nitrogen and oxygen atoms in total. The highest BCUT2D eigenvalue weighted by Gasteiger charge is 2.37. The third-order valence-electron chi connectivity index (χ3n) is 5.06. The van der Waals surface area contributed by atoms with Crippen molar-refractivity contribution in [3.05, 3.63) is 65.0 Å². The Morgan fingerprint density at radius 2 is 1.90 bits per heavy atom. The number of hydrogen-bond donors (Lipinski definition) is 1. The highest BCUT2D eigenvalue weighted by molar-refractivity contribution is 5.42. The zero-order chi connectivity index (χ0) is 13.5. The van der Waals surface area contributed by atoms with Crippen molar-refractivity contribution in [1.29, 1.82) is 0 Å². The predicted molar refractivity (Wildman–Crippen MR) is 80.8 cm³/mol. The number of aromatic nitrogens is 1. The molecule has 0 saturated heterocycles. The number of fused-ring (bicyclic) bond motifs is 2. The van der Waals surface area contributed by atoms with Crippen LogP contribution >= 0.6 is 0 Å². The summed E-state index contributed by atoms with van der Waals surface area (Å²) in [5.41, 5.74) is 12.3. The molecular weight excluding hydrogens is 244 g/mol. The van der Waals surface area contributed by atoms with Crippen LogP contribution in [0.5, 0.6) is 0 Å². The van der Waals surface area contributed by atoms with Crippen molar-refractivity contribution in [3.63, 3.8) is 0 Å². The average Bonchev–Trinajstić information content (AvgIpc) is 2.48. The normalized spacial score (nSPS) is 25.2. The van der Waals surface area contributed by atoms with E-state index in [1.807, 2.05) is 12.3 Å². The Morgan fingerprint density at radius 1 is 1.05 bits per heavy atom. The van der Waals surface area contributed by atoms with Gasteiger partial charge in [-0.1, -0.05) is 30.3 Å². The Balaban J connectivity index is 1.64. The van der Waals surface area contributed by atoms with E-state index >= 15 is 0 Å². The molecule has 4 rings (SSSR count). The molecule has 1 aromatic carbocycles. The van der Waals surface area contributed by atoms with E-state index in [0.717, 1.165) is 12.8 Å². The second-order valence-electron chi connectivity index (χ2n) is 6.13. The zero-order valence-electron chi connectivity index (χ0n) is 11.6. The molecule has 0 fully saturated rings. The smallest absolute Gasteiger partial charge is 0.0482 e. The summed E-state index contributed by atoms with van der Waals surface area (Å²) in [5.74, 6) is 0.947. The fraction of sp³-hybridized carbons (Fsp3) is 0.389. The van der Waals surface area contributed by atoms with Crippen LogP contribution in [0.15, 0.2) is 42.6 Å². The second-order valence-corrected chi connectivity index (χ2v) is 6.13. The third kappa shape index (κ3) is 1.79. The molecule has 0 amide bonds. The summed E-state index contributed by atoms with van der Waals surface area (Å²) in [6.45, 7) is 0. The van der Waals surface area contributed by atoms with Gasteiger partial charge < -0.3 is 5.73 Å². The molecule has 0 bridgehead atoms. The van der Waals surface area contributed by atoms with Crippen LogP contribution in [0.25, 0.3) is 0 Å². The van der Waals surface area contributed by atoms with Gasteiger partial charge in [-0.15, -0.1) is 0 Å². The van der Waals surface area contributed by atoms with Crippen molar-refractivity contribution in [2.24, 2.45) is 5.73 Å². The van der Waals surface area contributed by atoms with Gasteiger partial charge in [-0.25, -0.2) is 0 Å². The lowest BCUT2D eigenvalue weighted by atomic mass is 9.67. The number of hydrogen-bond acceptors (Lipinski definition) is 2. The van der Waals surface area contributed by atoms with Gasteiger partial charge >= 0.3 is 0 Å². The fourth-order valence-corrected chi connectivity index (χ4v) is 3.94. The molecule has 2 aromatic rings. The quantitative estimate of drug-likeness (QED) is 0.905. The number of nitrogens with two attached hydrogens (primary N) is 1. The largest absolute Gasteiger partial charge is 0.327 e. The van der Waals surface area contributed by atoms with Crippen LogP contribution < -0.4 is 5.73 Å². The molecule has 3 atom stereocenters. The lowest BCUT2D eigenvalue weighted by molar-refractivity contribution is 0.375. The van der Waals surface area contributed by atoms with E-state index < -0.39 is 0 Å². The third-order valence-corrected chi connectivity index (χ3v) is 5.06. The van der Waals surface area contributed by atoms with Crippen LogP contribution in [0.3, 0.4) is 0 Å². The maximum atomic E-state index is 6.64. The average molecular weight is 264 g/mol. The van der Waals surface area contributed by atoms with Crippen LogP contribution in [0.1, 0.15) is 47.1 Å². The van der Waals surface area contributed by atoms with E-state index in [0.29, 0.717) is 11.8 Å². The van der Waals surface area contributed by atoms with Crippen molar-refractivity contribution in [1.82, 2.24) is 4.98 Å². The topological polar surface area (TPSA) is 38.9 Å². The molecule has 0 aliphatic heterocycles. The van der Waals surface area contributed by atoms with E-state index in [2.05, 4.69) is 35.3 Å². The molecule has 1 heterocycles. The number of rotatable bonds is 2. The highest BCUT2D eigenvalue weighted by atomic mass is 14.8. The maximum absolute atomic E-state index is 6.64. The lowest BCUT2D eigenvalue weighted by Crippen LogP contribution is -2.41. The Bertz CT molecular complexity index is 635. The van der Waals surface area contributed by atoms with Crippen LogP contribution in [0.4, 0.5) is 0 Å². The summed E-state index contributed by atoms with van der Waals surface area (Å²) in [5, 5.41) is 0. The van der Waals surface area contributed by atoms with Gasteiger partial charge in [0, 0.05) is 29.8 Å². The summed E-state index contributed by atoms with van der Waals surface area (Å²) in [6.07, 6.45) is 6.64. The molecule has 0 saturated carbocycles. The summed E-state index contributed by atoms with van der Waals surface area (Å²) >= 11 is 0. The van der Waals surface area contributed by atoms with Crippen LogP contribution in [0.2, 0.25) is 0 Å². The van der Waals surface area contributed by atoms with Gasteiger partial charge in [0.25, 0.3) is 0 Å². The minimum Gasteiger partial charge on any atom is -0.327 e. The van der Waals surface area contributed by atoms with Gasteiger partial charge in [0.05, 0.1) is 0 Å². The van der Waals surface area contributed by atoms with Crippen LogP contribution in [0, 0.1) is 0 Å². The van der Waals surface area contributed by atoms with Gasteiger partial charge in [-0.3, -0.25) is 4.98 Å². The molecule has 3 unspecified atom stereocenters. The predicted octanol–water partition coefficient (Wildman–Crippen LogP) is 3.17. The molecule has 2 heteroatoms. The van der Waals surface area contributed by atoms with Gasteiger partial charge in [-0.2, -0.15) is 0 Å². The molecule has 2 aliphatic rings. The number of benzene rings is 1. The summed E-state index contributed by atoms with van der Waals surface area (Å²) < 4.78 is 0. The second kappa shape index (κ2) is 4.71. The zero-order valence-corrected chi connectivity index (χ0v) is 11.6. The van der Waals surface area contributed by atoms with E-state index in [-0.39, 0.29) is 6.04 Å². The number of pyridine rings is 1. The van der Waals surface area contributed by atoms with Crippen molar-refractivity contribution in [2.45, 2.75) is 43.6 Å². The first-order valence-corrected chi connectivity index (χ1v) is 7.62. The van der Waals surface area contributed by atoms with E-state index in [1.54, 1.807) is 0 Å². The molecule has 2 aliphatic carbocycles. The molecule has 20 heavy (non-hydrogen) atoms. The standard InChI is InChI=1S/C18H20N2/c19-17(16-11-13-5-1-2-8-14(13)16)15-9-3-6-12-7-4-10-20-18(12)15/h1-2,4-5,7-8,10,15-17H,3,6,9,11,19H2. The Morgan fingerprint density at radius 3 is 2.80 bits per heavy atom. The van der Waals surface area contributed by atoms with Crippen LogP contribution in [-0.4, -0.2) is 11.0 Å². The van der Waals surface area contributed by atoms with Gasteiger partial charge in [0.2, 0.25) is 0 Å². The molecule has 102 valence electrons. The summed E-state index contributed by atoms with van der Waals surface area (Å²) in [4.78, 5) is 4.64. The fourth-order valence-electron chi connectivity index (χ4n) is 3.94. The van der Waals surface area contributed by atoms with Crippen LogP contribution in [-0.2, 0) is 12.8 Å². The molecule has 0 radical (unpaired) electrons. The molecule has 2 N–H and O–H groups in total. The summed E-state index contributed by atoms with van der Waals surface area (Å²) in [7, 11) is 0. The van der Waals surface area contributed by atoms with E-state index in [4.69, 9.17) is 5.73 Å². The Labute approximate surface area is 120 Å². The van der Waals surface area contributed by atoms with Crippen molar-refractivity contribution in [2.75, 3.05) is 0 Å². The first-order chi connectivity index (χ1) is 9.84. The minimum atomic E-state index is 0.207. The monoisotopic (exact) mass is 264 g/mol. The van der Waals surface area contributed by atoms with Gasteiger partial charge in [0.15, 0.2) is 0 Å². The number of aryl methyl sites for hydroxylation is 1. The molecule has 1 aromatic heterocycles. The maximum Gasteiger partial charge on any atom is 0.0482 e. The van der Waals surface area contributed by atoms with Gasteiger partial charge in [-0.05, 0) is 48.4 Å². The lowest BCUT2D eigenvalue weighted by Gasteiger charge is -2.40. The minimum absolute atomic E-state index is 0.207. The van der Waals surface area contributed by atoms with Crippen molar-refractivity contribution < 1.29 is 0 Å². The summed E-state index contributed by atoms with van der Waals surface area (Å²) in [6, 6.07) is 13.2.